The Morgan fingerprint density at radius 3 is 2.80 bits per heavy atom. The van der Waals surface area contributed by atoms with Gasteiger partial charge in [0.2, 0.25) is 0 Å². The summed E-state index contributed by atoms with van der Waals surface area (Å²) in [7, 11) is 0. The third-order valence-electron chi connectivity index (χ3n) is 10.9. The zero-order valence-electron chi connectivity index (χ0n) is 32.1. The third kappa shape index (κ3) is 12.3. The van der Waals surface area contributed by atoms with E-state index in [2.05, 4.69) is 56.8 Å². The lowest BCUT2D eigenvalue weighted by Crippen LogP contribution is -2.41. The van der Waals surface area contributed by atoms with Crippen LogP contribution in [0.5, 0.6) is 5.75 Å². The van der Waals surface area contributed by atoms with E-state index in [9.17, 15) is 20.1 Å². The number of aliphatic hydroxyl groups is 3. The summed E-state index contributed by atoms with van der Waals surface area (Å²) in [4.78, 5) is 14.9. The lowest BCUT2D eigenvalue weighted by atomic mass is 9.89. The van der Waals surface area contributed by atoms with Crippen molar-refractivity contribution in [3.8, 4) is 5.75 Å². The first-order valence-corrected chi connectivity index (χ1v) is 20.0. The van der Waals surface area contributed by atoms with Crippen LogP contribution in [-0.4, -0.2) is 87.0 Å². The number of carbonyl (C=O) groups is 1. The van der Waals surface area contributed by atoms with E-state index in [1.807, 2.05) is 61.7 Å². The van der Waals surface area contributed by atoms with Crippen LogP contribution in [0.4, 0.5) is 5.69 Å². The molecule has 10 heteroatoms. The topological polar surface area (TPSA) is 140 Å². The van der Waals surface area contributed by atoms with Gasteiger partial charge in [0.1, 0.15) is 19.0 Å². The fourth-order valence-electron chi connectivity index (χ4n) is 7.87. The molecule has 1 saturated heterocycles. The van der Waals surface area contributed by atoms with E-state index in [0.29, 0.717) is 44.8 Å². The van der Waals surface area contributed by atoms with E-state index in [0.717, 1.165) is 73.2 Å². The molecule has 55 heavy (non-hydrogen) atoms. The minimum absolute atomic E-state index is 0.118. The number of nitrogens with one attached hydrogen (secondary N) is 2. The van der Waals surface area contributed by atoms with Crippen LogP contribution < -0.4 is 10.1 Å². The van der Waals surface area contributed by atoms with Crippen LogP contribution in [0.1, 0.15) is 68.1 Å². The van der Waals surface area contributed by atoms with Crippen LogP contribution in [0.3, 0.4) is 0 Å². The number of ether oxygens (including phenoxy) is 2. The average molecular weight is 751 g/mol. The van der Waals surface area contributed by atoms with Crippen molar-refractivity contribution >= 4 is 22.6 Å². The first-order chi connectivity index (χ1) is 26.8. The van der Waals surface area contributed by atoms with Crippen LogP contribution >= 0.6 is 0 Å². The normalized spacial score (nSPS) is 22.4. The van der Waals surface area contributed by atoms with Crippen molar-refractivity contribution < 1.29 is 29.6 Å². The van der Waals surface area contributed by atoms with Gasteiger partial charge in [-0.15, -0.1) is 0 Å². The largest absolute Gasteiger partial charge is 0.490 e. The van der Waals surface area contributed by atoms with Crippen LogP contribution in [0.2, 0.25) is 0 Å². The molecule has 10 nitrogen and oxygen atoms in total. The molecular formula is C45H58N4O6. The summed E-state index contributed by atoms with van der Waals surface area (Å²) in [6.45, 7) is 5.39. The van der Waals surface area contributed by atoms with E-state index in [4.69, 9.17) is 9.47 Å². The molecule has 0 radical (unpaired) electrons. The van der Waals surface area contributed by atoms with Crippen LogP contribution in [0, 0.1) is 18.8 Å². The van der Waals surface area contributed by atoms with Crippen molar-refractivity contribution in [3.63, 3.8) is 0 Å². The molecule has 0 amide bonds. The van der Waals surface area contributed by atoms with Gasteiger partial charge in [-0.25, -0.2) is 0 Å². The Morgan fingerprint density at radius 1 is 1.05 bits per heavy atom. The van der Waals surface area contributed by atoms with Gasteiger partial charge in [0, 0.05) is 49.0 Å². The minimum Gasteiger partial charge on any atom is -0.490 e. The molecule has 1 aromatic heterocycles. The standard InChI is InChI=1S/C45H58N4O6/c1-32-15-16-34(30-49-23-9-12-37(31-49)47-36-18-22-41-35(27-36)29-46-48-41)26-44(32)54-24-25-55-45(53)14-8-3-2-7-13-39-40(43(52)28-42(39)51)21-20-38(50)19-17-33-10-5-4-6-11-33/h2,4-7,10-11,15-16,18,20-22,26-27,29,37-40,42-43,47,50-52H,3,8-9,12-14,17,19,23-25,28,30-31H2,1H3,(H,46,48)/b7-2-,21-20+/t37-,38+,39-,40-,42+,43-/m1/s1. The van der Waals surface area contributed by atoms with E-state index in [-0.39, 0.29) is 24.4 Å². The van der Waals surface area contributed by atoms with Crippen molar-refractivity contribution in [1.82, 2.24) is 15.1 Å². The highest BCUT2D eigenvalue weighted by Gasteiger charge is 2.39. The highest BCUT2D eigenvalue weighted by molar-refractivity contribution is 5.81. The van der Waals surface area contributed by atoms with Crippen molar-refractivity contribution in [3.05, 3.63) is 114 Å². The van der Waals surface area contributed by atoms with Gasteiger partial charge in [-0.05, 0) is 105 Å². The van der Waals surface area contributed by atoms with Gasteiger partial charge in [0.05, 0.1) is 30.0 Å². The van der Waals surface area contributed by atoms with Gasteiger partial charge in [-0.2, -0.15) is 5.10 Å². The number of piperidine rings is 1. The number of aryl methyl sites for hydroxylation is 2. The zero-order valence-corrected chi connectivity index (χ0v) is 32.1. The van der Waals surface area contributed by atoms with Gasteiger partial charge in [0.25, 0.3) is 0 Å². The monoisotopic (exact) mass is 750 g/mol. The predicted molar refractivity (Wildman–Crippen MR) is 217 cm³/mol. The van der Waals surface area contributed by atoms with Crippen LogP contribution in [0.25, 0.3) is 10.9 Å². The molecule has 1 aliphatic carbocycles. The summed E-state index contributed by atoms with van der Waals surface area (Å²) in [5.74, 6) is 0.240. The first kappa shape index (κ1) is 40.2. The smallest absolute Gasteiger partial charge is 0.305 e. The lowest BCUT2D eigenvalue weighted by molar-refractivity contribution is -0.144. The van der Waals surface area contributed by atoms with Crippen molar-refractivity contribution in [1.29, 1.82) is 0 Å². The number of benzene rings is 3. The highest BCUT2D eigenvalue weighted by atomic mass is 16.6. The molecule has 0 bridgehead atoms. The van der Waals surface area contributed by atoms with Gasteiger partial charge in [-0.1, -0.05) is 66.8 Å². The molecule has 294 valence electrons. The van der Waals surface area contributed by atoms with E-state index in [1.54, 1.807) is 6.08 Å². The average Bonchev–Trinajstić information content (AvgIpc) is 3.76. The van der Waals surface area contributed by atoms with Crippen LogP contribution in [-0.2, 0) is 22.5 Å². The number of aliphatic hydroxyl groups excluding tert-OH is 3. The number of fused-ring (bicyclic) bond motifs is 1. The number of H-pyrrole nitrogens is 1. The Bertz CT molecular complexity index is 1840. The molecule has 2 aliphatic rings. The van der Waals surface area contributed by atoms with Crippen molar-refractivity contribution in [2.75, 3.05) is 31.6 Å². The van der Waals surface area contributed by atoms with Gasteiger partial charge < -0.3 is 30.1 Å². The van der Waals surface area contributed by atoms with E-state index < -0.39 is 18.3 Å². The number of rotatable bonds is 19. The molecule has 1 saturated carbocycles. The van der Waals surface area contributed by atoms with Crippen LogP contribution in [0.15, 0.2) is 97.2 Å². The first-order valence-electron chi connectivity index (χ1n) is 20.0. The number of nitrogens with zero attached hydrogens (tertiary/aromatic N) is 2. The molecule has 0 spiro atoms. The SMILES string of the molecule is Cc1ccc(CN2CCC[C@@H](Nc3ccc4[nH]ncc4c3)C2)cc1OCCOC(=O)CCC/C=C\C[C@@H]1[C@@H](/C=C/[C@@H](O)CCc2ccccc2)[C@H](O)C[C@@H]1O. The van der Waals surface area contributed by atoms with Gasteiger partial charge >= 0.3 is 5.97 Å². The number of aromatic nitrogens is 2. The summed E-state index contributed by atoms with van der Waals surface area (Å²) < 4.78 is 11.5. The number of hydrogen-bond acceptors (Lipinski definition) is 9. The molecule has 5 N–H and O–H groups in total. The second-order valence-electron chi connectivity index (χ2n) is 15.2. The number of hydrogen-bond donors (Lipinski definition) is 5. The molecule has 2 heterocycles. The van der Waals surface area contributed by atoms with E-state index >= 15 is 0 Å². The molecule has 6 atom stereocenters. The summed E-state index contributed by atoms with van der Waals surface area (Å²) in [5.41, 5.74) is 5.59. The maximum absolute atomic E-state index is 12.4. The Balaban J connectivity index is 0.850. The van der Waals surface area contributed by atoms with E-state index in [1.165, 1.54) is 11.1 Å². The Morgan fingerprint density at radius 2 is 1.93 bits per heavy atom. The number of likely N-dealkylation sites (tertiary alicyclic amines) is 1. The number of carbonyl (C=O) groups excluding carboxylic acids is 1. The minimum atomic E-state index is -0.635. The summed E-state index contributed by atoms with van der Waals surface area (Å²) >= 11 is 0. The molecule has 6 rings (SSSR count). The quantitative estimate of drug-likeness (QED) is 0.0394. The molecule has 3 aromatic carbocycles. The molecular weight excluding hydrogens is 693 g/mol. The number of unbranched alkanes of at least 4 members (excludes halogenated alkanes) is 1. The second-order valence-corrected chi connectivity index (χ2v) is 15.2. The second kappa shape index (κ2) is 20.4. The maximum Gasteiger partial charge on any atom is 0.305 e. The Kier molecular flexibility index (Phi) is 14.9. The number of esters is 1. The lowest BCUT2D eigenvalue weighted by Gasteiger charge is -2.33. The van der Waals surface area contributed by atoms with Gasteiger partial charge in [0.15, 0.2) is 0 Å². The number of allylic oxidation sites excluding steroid dienone is 2. The van der Waals surface area contributed by atoms with Crippen molar-refractivity contribution in [2.24, 2.45) is 11.8 Å². The summed E-state index contributed by atoms with van der Waals surface area (Å²) in [6.07, 6.45) is 14.0. The number of anilines is 1. The predicted octanol–water partition coefficient (Wildman–Crippen LogP) is 6.89. The Labute approximate surface area is 325 Å². The third-order valence-corrected chi connectivity index (χ3v) is 10.9. The fraction of sp³-hybridized carbons (Fsp3) is 0.467. The highest BCUT2D eigenvalue weighted by Crippen LogP contribution is 2.36. The molecule has 0 unspecified atom stereocenters. The zero-order chi connectivity index (χ0) is 38.4. The fourth-order valence-corrected chi connectivity index (χ4v) is 7.87. The van der Waals surface area contributed by atoms with Gasteiger partial charge in [-0.3, -0.25) is 14.8 Å². The summed E-state index contributed by atoms with van der Waals surface area (Å²) in [6, 6.07) is 23.1. The van der Waals surface area contributed by atoms with Crippen molar-refractivity contribution in [2.45, 2.75) is 95.6 Å². The summed E-state index contributed by atoms with van der Waals surface area (Å²) in [5, 5.41) is 43.6. The molecule has 1 aliphatic heterocycles. The molecule has 2 fully saturated rings. The number of aromatic amines is 1. The Hall–Kier alpha value is -4.48. The molecule has 4 aromatic rings. The maximum atomic E-state index is 12.4.